The maximum absolute atomic E-state index is 15.1. The molecule has 0 bridgehead atoms. The van der Waals surface area contributed by atoms with E-state index in [4.69, 9.17) is 4.74 Å². The van der Waals surface area contributed by atoms with Gasteiger partial charge in [0.1, 0.15) is 11.4 Å². The van der Waals surface area contributed by atoms with Crippen LogP contribution in [0.1, 0.15) is 41.2 Å². The lowest BCUT2D eigenvalue weighted by Crippen LogP contribution is -2.29. The Labute approximate surface area is 167 Å². The summed E-state index contributed by atoms with van der Waals surface area (Å²) in [6, 6.07) is 1.30. The van der Waals surface area contributed by atoms with Crippen molar-refractivity contribution in [2.45, 2.75) is 38.3 Å². The van der Waals surface area contributed by atoms with Crippen molar-refractivity contribution in [1.82, 2.24) is 4.57 Å². The molecule has 1 aliphatic carbocycles. The Kier molecular flexibility index (Phi) is 5.08. The van der Waals surface area contributed by atoms with Gasteiger partial charge in [-0.3, -0.25) is 4.79 Å². The third kappa shape index (κ3) is 3.40. The Morgan fingerprint density at radius 3 is 2.72 bits per heavy atom. The van der Waals surface area contributed by atoms with E-state index >= 15 is 4.39 Å². The van der Waals surface area contributed by atoms with Crippen molar-refractivity contribution in [2.24, 2.45) is 5.92 Å². The van der Waals surface area contributed by atoms with Crippen LogP contribution in [0.4, 0.5) is 10.1 Å². The molecule has 0 radical (unpaired) electrons. The van der Waals surface area contributed by atoms with Gasteiger partial charge in [-0.25, -0.2) is 9.18 Å². The molecule has 0 spiro atoms. The highest BCUT2D eigenvalue weighted by Crippen LogP contribution is 2.40. The molecular formula is C21H25FN2O5. The number of aromatic nitrogens is 1. The minimum atomic E-state index is -1.30. The molecule has 2 unspecified atom stereocenters. The molecular weight excluding hydrogens is 379 g/mol. The smallest absolute Gasteiger partial charge is 0.341 e. The van der Waals surface area contributed by atoms with Crippen molar-refractivity contribution in [3.05, 3.63) is 39.4 Å². The molecule has 29 heavy (non-hydrogen) atoms. The van der Waals surface area contributed by atoms with Crippen molar-refractivity contribution >= 4 is 22.6 Å². The maximum atomic E-state index is 15.1. The lowest BCUT2D eigenvalue weighted by molar-refractivity contribution is 0.0314. The molecule has 2 atom stereocenters. The highest BCUT2D eigenvalue weighted by atomic mass is 19.1. The number of aromatic carboxylic acids is 1. The van der Waals surface area contributed by atoms with Crippen LogP contribution in [0, 0.1) is 18.7 Å². The number of carbonyl (C=O) groups is 1. The van der Waals surface area contributed by atoms with E-state index in [0.29, 0.717) is 29.9 Å². The number of aliphatic hydroxyl groups excluding tert-OH is 1. The van der Waals surface area contributed by atoms with Crippen LogP contribution in [0.15, 0.2) is 17.1 Å². The van der Waals surface area contributed by atoms with Crippen LogP contribution in [0.2, 0.25) is 0 Å². The second-order valence-corrected chi connectivity index (χ2v) is 8.06. The van der Waals surface area contributed by atoms with E-state index in [1.807, 2.05) is 9.47 Å². The SMILES string of the molecule is COCC(O)C1CCN(c2c(F)cc3c(=O)c(C(=O)O)cn(C4CC4)c3c2C)C1. The monoisotopic (exact) mass is 404 g/mol. The van der Waals surface area contributed by atoms with E-state index in [1.54, 1.807) is 6.92 Å². The number of anilines is 1. The van der Waals surface area contributed by atoms with E-state index in [9.17, 15) is 19.8 Å². The van der Waals surface area contributed by atoms with Crippen LogP contribution < -0.4 is 10.3 Å². The molecule has 1 aromatic carbocycles. The first kappa shape index (κ1) is 19.8. The van der Waals surface area contributed by atoms with Gasteiger partial charge in [0.2, 0.25) is 5.43 Å². The lowest BCUT2D eigenvalue weighted by atomic mass is 10.0. The van der Waals surface area contributed by atoms with Crippen LogP contribution in [-0.2, 0) is 4.74 Å². The third-order valence-corrected chi connectivity index (χ3v) is 6.07. The fourth-order valence-electron chi connectivity index (χ4n) is 4.46. The average Bonchev–Trinajstić information content (AvgIpc) is 3.40. The van der Waals surface area contributed by atoms with Gasteiger partial charge in [-0.1, -0.05) is 0 Å². The number of hydrogen-bond donors (Lipinski definition) is 2. The van der Waals surface area contributed by atoms with Gasteiger partial charge >= 0.3 is 5.97 Å². The van der Waals surface area contributed by atoms with Gasteiger partial charge in [0.05, 0.1) is 23.9 Å². The second-order valence-electron chi connectivity index (χ2n) is 8.06. The highest BCUT2D eigenvalue weighted by Gasteiger charge is 2.33. The summed E-state index contributed by atoms with van der Waals surface area (Å²) in [6.07, 6.45) is 3.30. The van der Waals surface area contributed by atoms with Gasteiger partial charge in [-0.2, -0.15) is 0 Å². The van der Waals surface area contributed by atoms with E-state index in [-0.39, 0.29) is 29.5 Å². The molecule has 1 saturated heterocycles. The molecule has 7 nitrogen and oxygen atoms in total. The predicted molar refractivity (Wildman–Crippen MR) is 106 cm³/mol. The standard InChI is InChI=1S/C21H25FN2O5/c1-11-18-14(20(26)15(21(27)28)9-24(18)13-3-4-13)7-16(22)19(11)23-6-5-12(8-23)17(25)10-29-2/h7,9,12-13,17,25H,3-6,8,10H2,1-2H3,(H,27,28). The summed E-state index contributed by atoms with van der Waals surface area (Å²) in [5.41, 5.74) is 0.650. The van der Waals surface area contributed by atoms with Crippen LogP contribution in [0.5, 0.6) is 0 Å². The Hall–Kier alpha value is -2.45. The third-order valence-electron chi connectivity index (χ3n) is 6.07. The molecule has 1 aliphatic heterocycles. The highest BCUT2D eigenvalue weighted by molar-refractivity contribution is 5.95. The zero-order valence-corrected chi connectivity index (χ0v) is 16.5. The number of carboxylic acids is 1. The summed E-state index contributed by atoms with van der Waals surface area (Å²) in [5, 5.41) is 19.7. The number of pyridine rings is 1. The van der Waals surface area contributed by atoms with Gasteiger partial charge in [0, 0.05) is 43.7 Å². The number of fused-ring (bicyclic) bond motifs is 1. The molecule has 0 amide bonds. The van der Waals surface area contributed by atoms with Crippen LogP contribution in [-0.4, -0.2) is 53.7 Å². The average molecular weight is 404 g/mol. The number of methoxy groups -OCH3 is 1. The molecule has 1 saturated carbocycles. The maximum Gasteiger partial charge on any atom is 0.341 e. The normalized spacial score (nSPS) is 20.4. The van der Waals surface area contributed by atoms with Gasteiger partial charge in [-0.15, -0.1) is 0 Å². The summed E-state index contributed by atoms with van der Waals surface area (Å²) in [6.45, 7) is 3.10. The van der Waals surface area contributed by atoms with E-state index in [1.165, 1.54) is 19.4 Å². The molecule has 2 aromatic rings. The number of ether oxygens (including phenoxy) is 1. The van der Waals surface area contributed by atoms with Crippen LogP contribution >= 0.6 is 0 Å². The first-order valence-electron chi connectivity index (χ1n) is 9.86. The summed E-state index contributed by atoms with van der Waals surface area (Å²) in [4.78, 5) is 26.1. The summed E-state index contributed by atoms with van der Waals surface area (Å²) < 4.78 is 22.0. The molecule has 1 aromatic heterocycles. The number of rotatable bonds is 6. The van der Waals surface area contributed by atoms with Gasteiger partial charge < -0.3 is 24.4 Å². The predicted octanol–water partition coefficient (Wildman–Crippen LogP) is 2.32. The second kappa shape index (κ2) is 7.42. The van der Waals surface area contributed by atoms with Crippen molar-refractivity contribution < 1.29 is 24.1 Å². The fourth-order valence-corrected chi connectivity index (χ4v) is 4.46. The number of carboxylic acid groups (broad SMARTS) is 1. The van der Waals surface area contributed by atoms with E-state index in [2.05, 4.69) is 0 Å². The quantitative estimate of drug-likeness (QED) is 0.768. The molecule has 2 N–H and O–H groups in total. The Morgan fingerprint density at radius 2 is 2.10 bits per heavy atom. The number of hydrogen-bond acceptors (Lipinski definition) is 5. The first-order valence-corrected chi connectivity index (χ1v) is 9.86. The summed E-state index contributed by atoms with van der Waals surface area (Å²) >= 11 is 0. The molecule has 2 heterocycles. The van der Waals surface area contributed by atoms with Crippen molar-refractivity contribution in [1.29, 1.82) is 0 Å². The molecule has 2 fully saturated rings. The van der Waals surface area contributed by atoms with E-state index < -0.39 is 23.3 Å². The number of aryl methyl sites for hydroxylation is 1. The summed E-state index contributed by atoms with van der Waals surface area (Å²) in [5.74, 6) is -1.87. The van der Waals surface area contributed by atoms with Crippen molar-refractivity contribution in [2.75, 3.05) is 31.7 Å². The topological polar surface area (TPSA) is 92.0 Å². The van der Waals surface area contributed by atoms with Gasteiger partial charge in [0.25, 0.3) is 0 Å². The number of nitrogens with zero attached hydrogens (tertiary/aromatic N) is 2. The Balaban J connectivity index is 1.83. The van der Waals surface area contributed by atoms with Crippen molar-refractivity contribution in [3.63, 3.8) is 0 Å². The Bertz CT molecular complexity index is 1030. The van der Waals surface area contributed by atoms with Gasteiger partial charge in [-0.05, 0) is 37.8 Å². The molecule has 8 heteroatoms. The summed E-state index contributed by atoms with van der Waals surface area (Å²) in [7, 11) is 1.53. The fraction of sp³-hybridized carbons (Fsp3) is 0.524. The first-order chi connectivity index (χ1) is 13.8. The number of benzene rings is 1. The zero-order chi connectivity index (χ0) is 20.9. The minimum absolute atomic E-state index is 0.0236. The zero-order valence-electron chi connectivity index (χ0n) is 16.5. The molecule has 2 aliphatic rings. The van der Waals surface area contributed by atoms with Crippen molar-refractivity contribution in [3.8, 4) is 0 Å². The van der Waals surface area contributed by atoms with Crippen LogP contribution in [0.25, 0.3) is 10.9 Å². The number of aliphatic hydroxyl groups is 1. The van der Waals surface area contributed by atoms with Crippen LogP contribution in [0.3, 0.4) is 0 Å². The lowest BCUT2D eigenvalue weighted by Gasteiger charge is -2.25. The Morgan fingerprint density at radius 1 is 1.38 bits per heavy atom. The molecule has 4 rings (SSSR count). The van der Waals surface area contributed by atoms with Gasteiger partial charge in [0.15, 0.2) is 0 Å². The molecule has 156 valence electrons. The largest absolute Gasteiger partial charge is 0.477 e. The number of halogens is 1. The minimum Gasteiger partial charge on any atom is -0.477 e. The van der Waals surface area contributed by atoms with E-state index in [0.717, 1.165) is 19.3 Å².